The van der Waals surface area contributed by atoms with Gasteiger partial charge in [0.25, 0.3) is 5.91 Å². The Bertz CT molecular complexity index is 1550. The van der Waals surface area contributed by atoms with Crippen LogP contribution in [0.5, 0.6) is 11.5 Å². The molecule has 10 heteroatoms. The molecule has 1 atom stereocenters. The number of phenols is 1. The first-order valence-electron chi connectivity index (χ1n) is 13.1. The molecule has 3 aromatic carbocycles. The number of nitrogens with two attached hydrogens (primary N) is 1. The number of benzene rings is 3. The normalized spacial score (nSPS) is 17.6. The van der Waals surface area contributed by atoms with Gasteiger partial charge in [0.2, 0.25) is 0 Å². The van der Waals surface area contributed by atoms with Crippen LogP contribution in [0.3, 0.4) is 0 Å². The number of fused-ring (bicyclic) bond motifs is 1. The van der Waals surface area contributed by atoms with E-state index in [9.17, 15) is 19.5 Å². The molecule has 41 heavy (non-hydrogen) atoms. The molecule has 0 bridgehead atoms. The highest BCUT2D eigenvalue weighted by atomic mass is 35.5. The fourth-order valence-corrected chi connectivity index (χ4v) is 5.57. The first-order valence-corrected chi connectivity index (χ1v) is 13.5. The summed E-state index contributed by atoms with van der Waals surface area (Å²) in [5, 5.41) is 14.3. The van der Waals surface area contributed by atoms with Crippen molar-refractivity contribution in [3.8, 4) is 11.5 Å². The summed E-state index contributed by atoms with van der Waals surface area (Å²) in [5.41, 5.74) is 7.63. The van der Waals surface area contributed by atoms with Gasteiger partial charge in [-0.05, 0) is 47.2 Å². The molecule has 5 rings (SSSR count). The van der Waals surface area contributed by atoms with Gasteiger partial charge in [0.1, 0.15) is 23.8 Å². The predicted molar refractivity (Wildman–Crippen MR) is 155 cm³/mol. The minimum Gasteiger partial charge on any atom is -0.506 e. The van der Waals surface area contributed by atoms with Gasteiger partial charge in [-0.2, -0.15) is 0 Å². The zero-order valence-corrected chi connectivity index (χ0v) is 23.4. The maximum atomic E-state index is 13.8. The van der Waals surface area contributed by atoms with Crippen LogP contribution in [0.2, 0.25) is 5.02 Å². The molecule has 1 heterocycles. The standard InChI is InChI=1S/C31H30ClN3O6/c1-31(2)14-22-27(25(37)15-31)29(20-12-11-19(13-21(20)32)40-16-18-7-4-3-5-8-18)35(30(39)41-17-26(33)38)23-9-6-10-24(36)28(23)34-22/h3-13,29,34,36H,14-17H2,1-2H3,(H2,33,38)/t29-/m1/s1. The number of hydrogen-bond acceptors (Lipinski definition) is 7. The second kappa shape index (κ2) is 11.2. The Morgan fingerprint density at radius 3 is 2.56 bits per heavy atom. The van der Waals surface area contributed by atoms with E-state index in [0.717, 1.165) is 5.56 Å². The summed E-state index contributed by atoms with van der Waals surface area (Å²) in [5.74, 6) is -0.656. The van der Waals surface area contributed by atoms with Crippen molar-refractivity contribution in [2.24, 2.45) is 11.1 Å². The lowest BCUT2D eigenvalue weighted by Crippen LogP contribution is -2.40. The van der Waals surface area contributed by atoms with E-state index in [1.54, 1.807) is 30.3 Å². The highest BCUT2D eigenvalue weighted by Crippen LogP contribution is 2.51. The number of anilines is 2. The first kappa shape index (κ1) is 28.0. The number of carbonyl (C=O) groups is 3. The molecule has 0 radical (unpaired) electrons. The van der Waals surface area contributed by atoms with Crippen molar-refractivity contribution in [1.82, 2.24) is 0 Å². The zero-order valence-electron chi connectivity index (χ0n) is 22.6. The smallest absolute Gasteiger partial charge is 0.415 e. The van der Waals surface area contributed by atoms with Gasteiger partial charge in [-0.3, -0.25) is 14.5 Å². The molecule has 0 aromatic heterocycles. The van der Waals surface area contributed by atoms with Crippen molar-refractivity contribution in [3.05, 3.63) is 94.1 Å². The minimum atomic E-state index is -1.04. The van der Waals surface area contributed by atoms with Gasteiger partial charge in [0.15, 0.2) is 12.4 Å². The van der Waals surface area contributed by atoms with Gasteiger partial charge in [0.05, 0.1) is 11.7 Å². The summed E-state index contributed by atoms with van der Waals surface area (Å²) >= 11 is 6.85. The zero-order chi connectivity index (χ0) is 29.3. The Kier molecular flexibility index (Phi) is 7.64. The summed E-state index contributed by atoms with van der Waals surface area (Å²) in [6.45, 7) is 3.61. The highest BCUT2D eigenvalue weighted by molar-refractivity contribution is 6.31. The summed E-state index contributed by atoms with van der Waals surface area (Å²) in [7, 11) is 0. The number of halogens is 1. The largest absolute Gasteiger partial charge is 0.506 e. The maximum Gasteiger partial charge on any atom is 0.415 e. The van der Waals surface area contributed by atoms with Crippen molar-refractivity contribution in [2.75, 3.05) is 16.8 Å². The lowest BCUT2D eigenvalue weighted by Gasteiger charge is -2.36. The number of amides is 2. The topological polar surface area (TPSA) is 131 Å². The van der Waals surface area contributed by atoms with E-state index in [4.69, 9.17) is 26.8 Å². The number of ether oxygens (including phenoxy) is 2. The van der Waals surface area contributed by atoms with E-state index in [-0.39, 0.29) is 39.8 Å². The minimum absolute atomic E-state index is 0.130. The third kappa shape index (κ3) is 5.85. The molecule has 9 nitrogen and oxygen atoms in total. The third-order valence-electron chi connectivity index (χ3n) is 7.06. The highest BCUT2D eigenvalue weighted by Gasteiger charge is 2.45. The number of Topliss-reactive ketones (excluding diaryl/α,β-unsaturated/α-hetero) is 1. The molecule has 1 aliphatic carbocycles. The Balaban J connectivity index is 1.65. The summed E-state index contributed by atoms with van der Waals surface area (Å²) in [6.07, 6.45) is -0.237. The molecule has 0 saturated heterocycles. The second-order valence-electron chi connectivity index (χ2n) is 10.9. The predicted octanol–water partition coefficient (Wildman–Crippen LogP) is 5.86. The quantitative estimate of drug-likeness (QED) is 0.314. The number of nitrogens with one attached hydrogen (secondary N) is 1. The summed E-state index contributed by atoms with van der Waals surface area (Å²) < 4.78 is 11.2. The van der Waals surface area contributed by atoms with Gasteiger partial charge in [-0.1, -0.05) is 67.9 Å². The lowest BCUT2D eigenvalue weighted by molar-refractivity contribution is -0.121. The van der Waals surface area contributed by atoms with E-state index in [1.165, 1.54) is 11.0 Å². The van der Waals surface area contributed by atoms with Gasteiger partial charge in [0, 0.05) is 22.7 Å². The number of allylic oxidation sites excluding steroid dienone is 1. The van der Waals surface area contributed by atoms with Crippen LogP contribution < -0.4 is 20.7 Å². The SMILES string of the molecule is CC1(C)CC(=O)C2=C(C1)Nc1c(O)cccc1N(C(=O)OCC(N)=O)[C@@H]2c1ccc(OCc2ccccc2)cc1Cl. The number of rotatable bonds is 6. The van der Waals surface area contributed by atoms with E-state index in [1.807, 2.05) is 44.2 Å². The summed E-state index contributed by atoms with van der Waals surface area (Å²) in [4.78, 5) is 40.2. The monoisotopic (exact) mass is 575 g/mol. The number of para-hydroxylation sites is 1. The fraction of sp³-hybridized carbons (Fsp3) is 0.258. The molecule has 0 spiro atoms. The number of ketones is 1. The van der Waals surface area contributed by atoms with E-state index in [2.05, 4.69) is 5.32 Å². The van der Waals surface area contributed by atoms with Gasteiger partial charge in [-0.15, -0.1) is 0 Å². The maximum absolute atomic E-state index is 13.8. The van der Waals surface area contributed by atoms with Gasteiger partial charge >= 0.3 is 6.09 Å². The Morgan fingerprint density at radius 1 is 1.10 bits per heavy atom. The molecule has 0 saturated carbocycles. The van der Waals surface area contributed by atoms with Gasteiger partial charge < -0.3 is 25.6 Å². The van der Waals surface area contributed by atoms with Crippen LogP contribution in [0.1, 0.15) is 43.9 Å². The molecule has 0 fully saturated rings. The van der Waals surface area contributed by atoms with Crippen LogP contribution in [0.25, 0.3) is 0 Å². The second-order valence-corrected chi connectivity index (χ2v) is 11.3. The van der Waals surface area contributed by atoms with Crippen LogP contribution in [0.15, 0.2) is 78.0 Å². The Labute approximate surface area is 242 Å². The molecule has 3 aromatic rings. The molecule has 212 valence electrons. The van der Waals surface area contributed by atoms with Crippen LogP contribution >= 0.6 is 11.6 Å². The van der Waals surface area contributed by atoms with Crippen LogP contribution in [-0.2, 0) is 20.9 Å². The molecular formula is C31H30ClN3O6. The van der Waals surface area contributed by atoms with E-state index in [0.29, 0.717) is 35.6 Å². The average molecular weight is 576 g/mol. The summed E-state index contributed by atoms with van der Waals surface area (Å²) in [6, 6.07) is 18.3. The molecular weight excluding hydrogens is 546 g/mol. The van der Waals surface area contributed by atoms with E-state index < -0.39 is 24.6 Å². The average Bonchev–Trinajstić information content (AvgIpc) is 3.06. The number of aromatic hydroxyl groups is 1. The van der Waals surface area contributed by atoms with E-state index >= 15 is 0 Å². The van der Waals surface area contributed by atoms with Crippen LogP contribution in [0.4, 0.5) is 16.2 Å². The van der Waals surface area contributed by atoms with Crippen LogP contribution in [0, 0.1) is 5.41 Å². The number of carbonyl (C=O) groups excluding carboxylic acids is 3. The molecule has 0 unspecified atom stereocenters. The third-order valence-corrected chi connectivity index (χ3v) is 7.38. The van der Waals surface area contributed by atoms with Crippen LogP contribution in [-0.4, -0.2) is 29.5 Å². The fourth-order valence-electron chi connectivity index (χ4n) is 5.30. The molecule has 1 aliphatic heterocycles. The molecule has 4 N–H and O–H groups in total. The Hall–Kier alpha value is -4.50. The van der Waals surface area contributed by atoms with Gasteiger partial charge in [-0.25, -0.2) is 4.79 Å². The molecule has 2 amide bonds. The van der Waals surface area contributed by atoms with Crippen molar-refractivity contribution in [2.45, 2.75) is 39.3 Å². The Morgan fingerprint density at radius 2 is 1.85 bits per heavy atom. The number of hydrogen-bond donors (Lipinski definition) is 3. The van der Waals surface area contributed by atoms with Crippen molar-refractivity contribution in [3.63, 3.8) is 0 Å². The number of nitrogens with zero attached hydrogens (tertiary/aromatic N) is 1. The van der Waals surface area contributed by atoms with Crippen molar-refractivity contribution >= 4 is 40.8 Å². The molecule has 2 aliphatic rings. The van der Waals surface area contributed by atoms with Crippen molar-refractivity contribution in [1.29, 1.82) is 0 Å². The number of primary amides is 1. The van der Waals surface area contributed by atoms with Crippen molar-refractivity contribution < 1.29 is 29.0 Å². The lowest BCUT2D eigenvalue weighted by atomic mass is 9.73. The number of phenolic OH excluding ortho intramolecular Hbond substituents is 1. The first-order chi connectivity index (χ1) is 19.5.